The zero-order valence-electron chi connectivity index (χ0n) is 26.3. The number of nitrogens with two attached hydrogens (primary N) is 3. The number of piperazine rings is 1. The molecule has 0 spiro atoms. The summed E-state index contributed by atoms with van der Waals surface area (Å²) in [6, 6.07) is 29.1. The number of aliphatic imine (C=N–C) groups is 1. The standard InChI is InChI=1S/C36H37FN8O2S/c37-26-12-14-27(15-13-26)43-18-20-44(21-19-43)35(47)25-11-16-31-30(23-25)42-34(45(31)32(33(38)46)10-5-17-41-36(39)40)24-6-4-9-29(22-24)48-28-7-2-1-3-8-28/h1-4,6-9,11-16,22-23,32H,5,10,17-21H2,(H2,38,46)(H4,39,40,41). The fourth-order valence-electron chi connectivity index (χ4n) is 5.97. The van der Waals surface area contributed by atoms with Gasteiger partial charge in [0.2, 0.25) is 5.91 Å². The van der Waals surface area contributed by atoms with Gasteiger partial charge in [0.25, 0.3) is 5.91 Å². The molecule has 10 nitrogen and oxygen atoms in total. The van der Waals surface area contributed by atoms with Gasteiger partial charge in [0.15, 0.2) is 5.96 Å². The molecule has 1 fully saturated rings. The van der Waals surface area contributed by atoms with E-state index in [4.69, 9.17) is 22.2 Å². The van der Waals surface area contributed by atoms with Crippen molar-refractivity contribution in [1.82, 2.24) is 14.5 Å². The van der Waals surface area contributed by atoms with Crippen LogP contribution >= 0.6 is 11.8 Å². The molecule has 1 aliphatic rings. The third kappa shape index (κ3) is 7.44. The van der Waals surface area contributed by atoms with Crippen molar-refractivity contribution >= 4 is 46.3 Å². The average molecular weight is 665 g/mol. The van der Waals surface area contributed by atoms with Gasteiger partial charge >= 0.3 is 0 Å². The number of carbonyl (C=O) groups excluding carboxylic acids is 2. The number of aromatic nitrogens is 2. The number of guanidine groups is 1. The zero-order chi connectivity index (χ0) is 33.6. The van der Waals surface area contributed by atoms with E-state index in [1.807, 2.05) is 70.1 Å². The molecule has 0 bridgehead atoms. The molecule has 246 valence electrons. The van der Waals surface area contributed by atoms with Crippen LogP contribution < -0.4 is 22.1 Å². The third-order valence-electron chi connectivity index (χ3n) is 8.34. The predicted molar refractivity (Wildman–Crippen MR) is 188 cm³/mol. The third-order valence-corrected chi connectivity index (χ3v) is 9.33. The minimum Gasteiger partial charge on any atom is -0.370 e. The van der Waals surface area contributed by atoms with Crippen molar-refractivity contribution in [2.75, 3.05) is 37.6 Å². The second kappa shape index (κ2) is 14.6. The first-order valence-electron chi connectivity index (χ1n) is 15.8. The molecule has 1 atom stereocenters. The van der Waals surface area contributed by atoms with Crippen LogP contribution in [0.3, 0.4) is 0 Å². The van der Waals surface area contributed by atoms with E-state index in [9.17, 15) is 14.0 Å². The van der Waals surface area contributed by atoms with Crippen molar-refractivity contribution in [1.29, 1.82) is 0 Å². The molecular formula is C36H37FN8O2S. The molecule has 1 aromatic heterocycles. The van der Waals surface area contributed by atoms with Crippen LogP contribution in [0.2, 0.25) is 0 Å². The number of fused-ring (bicyclic) bond motifs is 1. The van der Waals surface area contributed by atoms with Gasteiger partial charge in [-0.2, -0.15) is 0 Å². The minimum absolute atomic E-state index is 0.0128. The summed E-state index contributed by atoms with van der Waals surface area (Å²) in [6.45, 7) is 2.68. The summed E-state index contributed by atoms with van der Waals surface area (Å²) in [7, 11) is 0. The molecule has 2 heterocycles. The zero-order valence-corrected chi connectivity index (χ0v) is 27.2. The number of primary amides is 1. The molecule has 5 aromatic rings. The highest BCUT2D eigenvalue weighted by molar-refractivity contribution is 7.99. The van der Waals surface area contributed by atoms with E-state index in [1.165, 1.54) is 12.1 Å². The van der Waals surface area contributed by atoms with Gasteiger partial charge < -0.3 is 31.6 Å². The lowest BCUT2D eigenvalue weighted by Crippen LogP contribution is -2.48. The molecule has 1 unspecified atom stereocenters. The van der Waals surface area contributed by atoms with Crippen molar-refractivity contribution < 1.29 is 14.0 Å². The number of imidazole rings is 1. The van der Waals surface area contributed by atoms with Crippen molar-refractivity contribution in [3.05, 3.63) is 108 Å². The fraction of sp³-hybridized carbons (Fsp3) is 0.222. The SMILES string of the molecule is NC(=O)C(CCCN=C(N)N)n1c(-c2cccc(Sc3ccccc3)c2)nc2cc(C(=O)N3CCN(c4ccc(F)cc4)CC3)ccc21. The molecule has 1 aliphatic heterocycles. The Kier molecular flexibility index (Phi) is 9.91. The molecule has 0 radical (unpaired) electrons. The number of carbonyl (C=O) groups is 2. The lowest BCUT2D eigenvalue weighted by Gasteiger charge is -2.36. The summed E-state index contributed by atoms with van der Waals surface area (Å²) in [5, 5.41) is 0. The van der Waals surface area contributed by atoms with E-state index in [0.29, 0.717) is 68.0 Å². The van der Waals surface area contributed by atoms with Crippen LogP contribution in [0.1, 0.15) is 29.2 Å². The van der Waals surface area contributed by atoms with Crippen molar-refractivity contribution in [2.24, 2.45) is 22.2 Å². The minimum atomic E-state index is -0.731. The summed E-state index contributed by atoms with van der Waals surface area (Å²) >= 11 is 1.63. The first-order valence-corrected chi connectivity index (χ1v) is 16.6. The van der Waals surface area contributed by atoms with E-state index in [2.05, 4.69) is 9.89 Å². The van der Waals surface area contributed by atoms with Crippen LogP contribution in [0.15, 0.2) is 112 Å². The van der Waals surface area contributed by atoms with Crippen LogP contribution in [-0.2, 0) is 4.79 Å². The first kappa shape index (κ1) is 32.6. The summed E-state index contributed by atoms with van der Waals surface area (Å²) in [4.78, 5) is 41.8. The van der Waals surface area contributed by atoms with Crippen LogP contribution in [0.4, 0.5) is 10.1 Å². The molecule has 6 rings (SSSR count). The Morgan fingerprint density at radius 1 is 0.854 bits per heavy atom. The summed E-state index contributed by atoms with van der Waals surface area (Å²) < 4.78 is 15.3. The van der Waals surface area contributed by atoms with Crippen molar-refractivity contribution in [2.45, 2.75) is 28.7 Å². The first-order chi connectivity index (χ1) is 23.3. The maximum Gasteiger partial charge on any atom is 0.254 e. The van der Waals surface area contributed by atoms with Gasteiger partial charge in [0.1, 0.15) is 17.7 Å². The fourth-order valence-corrected chi connectivity index (χ4v) is 6.87. The van der Waals surface area contributed by atoms with E-state index in [0.717, 1.165) is 21.0 Å². The maximum absolute atomic E-state index is 13.7. The summed E-state index contributed by atoms with van der Waals surface area (Å²) in [5.41, 5.74) is 20.6. The van der Waals surface area contributed by atoms with Gasteiger partial charge in [-0.15, -0.1) is 0 Å². The molecule has 4 aromatic carbocycles. The number of amides is 2. The van der Waals surface area contributed by atoms with Crippen molar-refractivity contribution in [3.8, 4) is 11.4 Å². The topological polar surface area (TPSA) is 149 Å². The number of anilines is 1. The van der Waals surface area contributed by atoms with Gasteiger partial charge in [-0.3, -0.25) is 14.6 Å². The Hall–Kier alpha value is -5.36. The monoisotopic (exact) mass is 664 g/mol. The number of halogens is 1. The predicted octanol–water partition coefficient (Wildman–Crippen LogP) is 5.04. The molecule has 12 heteroatoms. The number of nitrogens with zero attached hydrogens (tertiary/aromatic N) is 5. The maximum atomic E-state index is 13.7. The highest BCUT2D eigenvalue weighted by Gasteiger charge is 2.27. The summed E-state index contributed by atoms with van der Waals surface area (Å²) in [5.74, 6) is -0.323. The average Bonchev–Trinajstić information content (AvgIpc) is 3.47. The van der Waals surface area contributed by atoms with Gasteiger partial charge in [0, 0.05) is 59.3 Å². The van der Waals surface area contributed by atoms with E-state index < -0.39 is 11.9 Å². The van der Waals surface area contributed by atoms with Crippen molar-refractivity contribution in [3.63, 3.8) is 0 Å². The molecule has 48 heavy (non-hydrogen) atoms. The number of hydrogen-bond donors (Lipinski definition) is 3. The number of hydrogen-bond acceptors (Lipinski definition) is 6. The Bertz CT molecular complexity index is 1940. The van der Waals surface area contributed by atoms with E-state index in [-0.39, 0.29) is 17.7 Å². The van der Waals surface area contributed by atoms with Gasteiger partial charge in [-0.1, -0.05) is 42.1 Å². The molecule has 2 amide bonds. The Balaban J connectivity index is 1.31. The van der Waals surface area contributed by atoms with E-state index in [1.54, 1.807) is 36.0 Å². The van der Waals surface area contributed by atoms with Gasteiger partial charge in [0.05, 0.1) is 11.0 Å². The van der Waals surface area contributed by atoms with Gasteiger partial charge in [-0.25, -0.2) is 9.37 Å². The van der Waals surface area contributed by atoms with E-state index >= 15 is 0 Å². The highest BCUT2D eigenvalue weighted by atomic mass is 32.2. The Morgan fingerprint density at radius 2 is 1.58 bits per heavy atom. The van der Waals surface area contributed by atoms with Crippen LogP contribution in [0, 0.1) is 5.82 Å². The smallest absolute Gasteiger partial charge is 0.254 e. The second-order valence-corrected chi connectivity index (χ2v) is 12.7. The normalized spacial score (nSPS) is 13.8. The lowest BCUT2D eigenvalue weighted by atomic mass is 10.1. The number of benzene rings is 4. The quantitative estimate of drug-likeness (QED) is 0.102. The second-order valence-electron chi connectivity index (χ2n) is 11.6. The van der Waals surface area contributed by atoms with Gasteiger partial charge in [-0.05, 0) is 79.6 Å². The lowest BCUT2D eigenvalue weighted by molar-refractivity contribution is -0.121. The Morgan fingerprint density at radius 3 is 2.29 bits per heavy atom. The molecular weight excluding hydrogens is 628 g/mol. The van der Waals surface area contributed by atoms with Crippen LogP contribution in [0.25, 0.3) is 22.4 Å². The molecule has 0 aliphatic carbocycles. The molecule has 0 saturated carbocycles. The van der Waals surface area contributed by atoms with Crippen LogP contribution in [0.5, 0.6) is 0 Å². The summed E-state index contributed by atoms with van der Waals surface area (Å²) in [6.07, 6.45) is 0.914. The largest absolute Gasteiger partial charge is 0.370 e. The Labute approximate surface area is 282 Å². The number of rotatable bonds is 11. The van der Waals surface area contributed by atoms with Crippen LogP contribution in [-0.4, -0.2) is 64.9 Å². The molecule has 1 saturated heterocycles. The molecule has 6 N–H and O–H groups in total. The highest BCUT2D eigenvalue weighted by Crippen LogP contribution is 2.35.